The predicted octanol–water partition coefficient (Wildman–Crippen LogP) is 2.20. The summed E-state index contributed by atoms with van der Waals surface area (Å²) in [7, 11) is -2.61. The molecule has 0 fully saturated rings. The number of ether oxygens (including phenoxy) is 1. The number of carbonyl (C=O) groups excluding carboxylic acids is 1. The zero-order valence-electron chi connectivity index (χ0n) is 11.5. The molecule has 3 N–H and O–H groups in total. The first kappa shape index (κ1) is 16.7. The highest BCUT2D eigenvalue weighted by atomic mass is 127. The van der Waals surface area contributed by atoms with Crippen LogP contribution >= 0.6 is 22.6 Å². The van der Waals surface area contributed by atoms with Crippen LogP contribution in [-0.4, -0.2) is 21.4 Å². The van der Waals surface area contributed by atoms with Gasteiger partial charge in [0.1, 0.15) is 10.6 Å². The van der Waals surface area contributed by atoms with E-state index in [4.69, 9.17) is 9.88 Å². The average Bonchev–Trinajstić information content (AvgIpc) is 2.46. The molecule has 0 saturated carbocycles. The van der Waals surface area contributed by atoms with E-state index in [2.05, 4.69) is 27.9 Å². The van der Waals surface area contributed by atoms with E-state index >= 15 is 0 Å². The van der Waals surface area contributed by atoms with Gasteiger partial charge in [-0.2, -0.15) is 0 Å². The monoisotopic (exact) mass is 432 g/mol. The second-order valence-corrected chi connectivity index (χ2v) is 7.04. The lowest BCUT2D eigenvalue weighted by molar-refractivity contribution is 0.102. The molecule has 0 spiro atoms. The SMILES string of the molecule is COc1ccc(NC(=O)c2ccccc2I)cc1S(N)(=O)=O. The molecule has 2 aromatic carbocycles. The average molecular weight is 432 g/mol. The van der Waals surface area contributed by atoms with Crippen molar-refractivity contribution < 1.29 is 17.9 Å². The Kier molecular flexibility index (Phi) is 5.04. The molecule has 0 heterocycles. The van der Waals surface area contributed by atoms with Crippen molar-refractivity contribution in [2.75, 3.05) is 12.4 Å². The van der Waals surface area contributed by atoms with Crippen LogP contribution in [0.3, 0.4) is 0 Å². The van der Waals surface area contributed by atoms with Crippen LogP contribution in [0.5, 0.6) is 5.75 Å². The Balaban J connectivity index is 2.35. The molecule has 22 heavy (non-hydrogen) atoms. The minimum Gasteiger partial charge on any atom is -0.495 e. The smallest absolute Gasteiger partial charge is 0.256 e. The largest absolute Gasteiger partial charge is 0.495 e. The lowest BCUT2D eigenvalue weighted by Gasteiger charge is -2.11. The Morgan fingerprint density at radius 3 is 2.50 bits per heavy atom. The predicted molar refractivity (Wildman–Crippen MR) is 91.5 cm³/mol. The highest BCUT2D eigenvalue weighted by Crippen LogP contribution is 2.26. The zero-order valence-corrected chi connectivity index (χ0v) is 14.5. The molecule has 6 nitrogen and oxygen atoms in total. The topological polar surface area (TPSA) is 98.5 Å². The van der Waals surface area contributed by atoms with E-state index < -0.39 is 10.0 Å². The molecule has 0 unspecified atom stereocenters. The Morgan fingerprint density at radius 1 is 1.23 bits per heavy atom. The van der Waals surface area contributed by atoms with Crippen molar-refractivity contribution in [3.8, 4) is 5.75 Å². The molecule has 0 atom stereocenters. The summed E-state index contributed by atoms with van der Waals surface area (Å²) in [4.78, 5) is 12.0. The second-order valence-electron chi connectivity index (χ2n) is 4.34. The normalized spacial score (nSPS) is 11.0. The number of halogens is 1. The lowest BCUT2D eigenvalue weighted by atomic mass is 10.2. The first-order valence-electron chi connectivity index (χ1n) is 6.09. The van der Waals surface area contributed by atoms with Gasteiger partial charge < -0.3 is 10.1 Å². The highest BCUT2D eigenvalue weighted by molar-refractivity contribution is 14.1. The van der Waals surface area contributed by atoms with Crippen LogP contribution in [0, 0.1) is 3.57 Å². The third kappa shape index (κ3) is 3.76. The molecule has 0 saturated heterocycles. The summed E-state index contributed by atoms with van der Waals surface area (Å²) in [6, 6.07) is 11.3. The molecule has 0 aromatic heterocycles. The lowest BCUT2D eigenvalue weighted by Crippen LogP contribution is -2.16. The van der Waals surface area contributed by atoms with Gasteiger partial charge in [-0.3, -0.25) is 4.79 Å². The van der Waals surface area contributed by atoms with Gasteiger partial charge in [0.15, 0.2) is 0 Å². The Labute approximate surface area is 141 Å². The van der Waals surface area contributed by atoms with Gasteiger partial charge in [0.25, 0.3) is 5.91 Å². The van der Waals surface area contributed by atoms with Crippen molar-refractivity contribution in [2.45, 2.75) is 4.90 Å². The van der Waals surface area contributed by atoms with Crippen molar-refractivity contribution in [1.29, 1.82) is 0 Å². The van der Waals surface area contributed by atoms with Gasteiger partial charge in [-0.15, -0.1) is 0 Å². The van der Waals surface area contributed by atoms with Crippen LogP contribution in [0.4, 0.5) is 5.69 Å². The fourth-order valence-electron chi connectivity index (χ4n) is 1.82. The number of hydrogen-bond acceptors (Lipinski definition) is 4. The maximum atomic E-state index is 12.2. The van der Waals surface area contributed by atoms with Crippen molar-refractivity contribution in [3.05, 3.63) is 51.6 Å². The molecular weight excluding hydrogens is 419 g/mol. The van der Waals surface area contributed by atoms with E-state index in [9.17, 15) is 13.2 Å². The minimum absolute atomic E-state index is 0.120. The zero-order chi connectivity index (χ0) is 16.3. The minimum atomic E-state index is -3.95. The van der Waals surface area contributed by atoms with Gasteiger partial charge in [0.2, 0.25) is 10.0 Å². The summed E-state index contributed by atoms with van der Waals surface area (Å²) >= 11 is 2.05. The molecule has 0 aliphatic carbocycles. The van der Waals surface area contributed by atoms with Crippen LogP contribution < -0.4 is 15.2 Å². The van der Waals surface area contributed by atoms with Crippen molar-refractivity contribution >= 4 is 44.2 Å². The van der Waals surface area contributed by atoms with E-state index in [1.165, 1.54) is 19.2 Å². The third-order valence-corrected chi connectivity index (χ3v) is 4.72. The van der Waals surface area contributed by atoms with Crippen molar-refractivity contribution in [3.63, 3.8) is 0 Å². The number of amides is 1. The van der Waals surface area contributed by atoms with Crippen molar-refractivity contribution in [1.82, 2.24) is 0 Å². The highest BCUT2D eigenvalue weighted by Gasteiger charge is 2.17. The molecule has 2 aromatic rings. The first-order chi connectivity index (χ1) is 10.3. The van der Waals surface area contributed by atoms with Gasteiger partial charge in [-0.1, -0.05) is 12.1 Å². The maximum absolute atomic E-state index is 12.2. The van der Waals surface area contributed by atoms with Crippen LogP contribution in [0.2, 0.25) is 0 Å². The third-order valence-electron chi connectivity index (χ3n) is 2.85. The van der Waals surface area contributed by atoms with Gasteiger partial charge in [0, 0.05) is 9.26 Å². The number of hydrogen-bond donors (Lipinski definition) is 2. The van der Waals surface area contributed by atoms with Crippen LogP contribution in [0.25, 0.3) is 0 Å². The van der Waals surface area contributed by atoms with Crippen LogP contribution in [0.15, 0.2) is 47.4 Å². The molecule has 0 aliphatic heterocycles. The van der Waals surface area contributed by atoms with Gasteiger partial charge in [0.05, 0.1) is 12.7 Å². The number of benzene rings is 2. The van der Waals surface area contributed by atoms with E-state index in [1.54, 1.807) is 24.3 Å². The summed E-state index contributed by atoms with van der Waals surface area (Å²) in [5.41, 5.74) is 0.811. The van der Waals surface area contributed by atoms with Crippen molar-refractivity contribution in [2.24, 2.45) is 5.14 Å². The van der Waals surface area contributed by atoms with Crippen LogP contribution in [-0.2, 0) is 10.0 Å². The fourth-order valence-corrected chi connectivity index (χ4v) is 3.18. The van der Waals surface area contributed by atoms with Gasteiger partial charge in [-0.25, -0.2) is 13.6 Å². The molecule has 8 heteroatoms. The molecule has 2 rings (SSSR count). The van der Waals surface area contributed by atoms with E-state index in [1.807, 2.05) is 6.07 Å². The number of nitrogens with one attached hydrogen (secondary N) is 1. The summed E-state index contributed by atoms with van der Waals surface area (Å²) in [5.74, 6) is -0.217. The summed E-state index contributed by atoms with van der Waals surface area (Å²) in [5, 5.41) is 7.79. The molecule has 116 valence electrons. The number of carbonyl (C=O) groups is 1. The molecule has 0 bridgehead atoms. The van der Waals surface area contributed by atoms with E-state index in [-0.39, 0.29) is 16.6 Å². The number of primary sulfonamides is 1. The second kappa shape index (κ2) is 6.63. The number of sulfonamides is 1. The van der Waals surface area contributed by atoms with E-state index in [0.29, 0.717) is 11.3 Å². The Hall–Kier alpha value is -1.65. The summed E-state index contributed by atoms with van der Waals surface area (Å²) in [6.45, 7) is 0. The summed E-state index contributed by atoms with van der Waals surface area (Å²) in [6.07, 6.45) is 0. The van der Waals surface area contributed by atoms with Gasteiger partial charge in [-0.05, 0) is 52.9 Å². The standard InChI is InChI=1S/C14H13IN2O4S/c1-21-12-7-6-9(8-13(12)22(16,19)20)17-14(18)10-4-2-3-5-11(10)15/h2-8H,1H3,(H,17,18)(H2,16,19,20). The Morgan fingerprint density at radius 2 is 1.91 bits per heavy atom. The quantitative estimate of drug-likeness (QED) is 0.724. The van der Waals surface area contributed by atoms with E-state index in [0.717, 1.165) is 3.57 Å². The fraction of sp³-hybridized carbons (Fsp3) is 0.0714. The van der Waals surface area contributed by atoms with Crippen LogP contribution in [0.1, 0.15) is 10.4 Å². The summed E-state index contributed by atoms with van der Waals surface area (Å²) < 4.78 is 28.9. The number of anilines is 1. The molecular formula is C14H13IN2O4S. The number of nitrogens with two attached hydrogens (primary N) is 1. The maximum Gasteiger partial charge on any atom is 0.256 e. The Bertz CT molecular complexity index is 821. The molecule has 0 aliphatic rings. The molecule has 1 amide bonds. The first-order valence-corrected chi connectivity index (χ1v) is 8.72. The number of methoxy groups -OCH3 is 1. The molecule has 0 radical (unpaired) electrons. The van der Waals surface area contributed by atoms with Gasteiger partial charge >= 0.3 is 0 Å². The number of rotatable bonds is 4.